The van der Waals surface area contributed by atoms with Crippen LogP contribution in [0.5, 0.6) is 0 Å². The molecule has 0 saturated heterocycles. The van der Waals surface area contributed by atoms with Gasteiger partial charge < -0.3 is 4.42 Å². The van der Waals surface area contributed by atoms with Crippen LogP contribution in [0.15, 0.2) is 47.0 Å². The quantitative estimate of drug-likeness (QED) is 0.664. The van der Waals surface area contributed by atoms with Gasteiger partial charge in [0.2, 0.25) is 0 Å². The van der Waals surface area contributed by atoms with E-state index in [1.807, 2.05) is 36.5 Å². The van der Waals surface area contributed by atoms with Crippen molar-refractivity contribution in [1.29, 1.82) is 0 Å². The van der Waals surface area contributed by atoms with Crippen molar-refractivity contribution in [2.24, 2.45) is 0 Å². The van der Waals surface area contributed by atoms with Gasteiger partial charge in [0.1, 0.15) is 17.3 Å². The summed E-state index contributed by atoms with van der Waals surface area (Å²) in [6, 6.07) is 11.8. The molecule has 4 nitrogen and oxygen atoms in total. The fourth-order valence-corrected chi connectivity index (χ4v) is 3.64. The third-order valence-corrected chi connectivity index (χ3v) is 5.40. The summed E-state index contributed by atoms with van der Waals surface area (Å²) in [5, 5.41) is 0.736. The maximum atomic E-state index is 6.04. The van der Waals surface area contributed by atoms with Gasteiger partial charge in [-0.25, -0.2) is 9.97 Å². The van der Waals surface area contributed by atoms with Gasteiger partial charge in [0, 0.05) is 53.5 Å². The first-order valence-electron chi connectivity index (χ1n) is 9.16. The van der Waals surface area contributed by atoms with Gasteiger partial charge in [0.25, 0.3) is 0 Å². The molecule has 0 N–H and O–H groups in total. The molecule has 1 aliphatic heterocycles. The van der Waals surface area contributed by atoms with Gasteiger partial charge in [0.15, 0.2) is 0 Å². The normalized spacial score (nSPS) is 17.3. The number of rotatable bonds is 4. The summed E-state index contributed by atoms with van der Waals surface area (Å²) in [5.74, 6) is 3.53. The predicted octanol–water partition coefficient (Wildman–Crippen LogP) is 4.83. The standard InChI is InChI=1S/C21H20ClN3O/c22-17-5-3-14(4-6-17)20-8-7-18(26-20)13-25-10-9-19-16(12-25)11-23-21(24-19)15-1-2-15/h3-8,11,15H,1-2,9-10,12-13H2. The molecule has 0 atom stereocenters. The Kier molecular flexibility index (Phi) is 4.03. The van der Waals surface area contributed by atoms with Crippen LogP contribution in [0.25, 0.3) is 11.3 Å². The minimum atomic E-state index is 0.618. The fourth-order valence-electron chi connectivity index (χ4n) is 3.52. The molecule has 1 aromatic carbocycles. The molecule has 1 fully saturated rings. The van der Waals surface area contributed by atoms with Crippen molar-refractivity contribution in [3.8, 4) is 11.3 Å². The van der Waals surface area contributed by atoms with Crippen LogP contribution in [-0.2, 0) is 19.5 Å². The molecule has 5 heteroatoms. The summed E-state index contributed by atoms with van der Waals surface area (Å²) in [5.41, 5.74) is 3.54. The van der Waals surface area contributed by atoms with Crippen molar-refractivity contribution < 1.29 is 4.42 Å². The second-order valence-electron chi connectivity index (χ2n) is 7.21. The molecule has 2 aliphatic rings. The predicted molar refractivity (Wildman–Crippen MR) is 101 cm³/mol. The lowest BCUT2D eigenvalue weighted by atomic mass is 10.1. The summed E-state index contributed by atoms with van der Waals surface area (Å²) < 4.78 is 6.04. The molecule has 3 aromatic rings. The number of fused-ring (bicyclic) bond motifs is 1. The molecular weight excluding hydrogens is 346 g/mol. The fraction of sp³-hybridized carbons (Fsp3) is 0.333. The van der Waals surface area contributed by atoms with E-state index in [-0.39, 0.29) is 0 Å². The number of aromatic nitrogens is 2. The summed E-state index contributed by atoms with van der Waals surface area (Å²) in [6.45, 7) is 2.69. The molecule has 1 aliphatic carbocycles. The van der Waals surface area contributed by atoms with Crippen molar-refractivity contribution in [3.63, 3.8) is 0 Å². The Labute approximate surface area is 157 Å². The van der Waals surface area contributed by atoms with E-state index in [9.17, 15) is 0 Å². The SMILES string of the molecule is Clc1ccc(-c2ccc(CN3CCc4nc(C5CC5)ncc4C3)o2)cc1. The highest BCUT2D eigenvalue weighted by molar-refractivity contribution is 6.30. The van der Waals surface area contributed by atoms with E-state index >= 15 is 0 Å². The average Bonchev–Trinajstić information content (AvgIpc) is 3.41. The van der Waals surface area contributed by atoms with E-state index in [1.165, 1.54) is 24.1 Å². The molecule has 0 amide bonds. The Morgan fingerprint density at radius 2 is 1.96 bits per heavy atom. The van der Waals surface area contributed by atoms with Crippen molar-refractivity contribution in [2.45, 2.75) is 38.3 Å². The lowest BCUT2D eigenvalue weighted by Gasteiger charge is -2.27. The Bertz CT molecular complexity index is 931. The second-order valence-corrected chi connectivity index (χ2v) is 7.64. The smallest absolute Gasteiger partial charge is 0.134 e. The first-order chi connectivity index (χ1) is 12.7. The van der Waals surface area contributed by atoms with Crippen molar-refractivity contribution in [3.05, 3.63) is 70.5 Å². The van der Waals surface area contributed by atoms with Crippen LogP contribution in [0.1, 0.15) is 41.6 Å². The first kappa shape index (κ1) is 16.0. The van der Waals surface area contributed by atoms with E-state index in [2.05, 4.69) is 16.0 Å². The number of nitrogens with zero attached hydrogens (tertiary/aromatic N) is 3. The highest BCUT2D eigenvalue weighted by atomic mass is 35.5. The van der Waals surface area contributed by atoms with Gasteiger partial charge in [-0.1, -0.05) is 11.6 Å². The van der Waals surface area contributed by atoms with Crippen LogP contribution >= 0.6 is 11.6 Å². The molecule has 3 heterocycles. The summed E-state index contributed by atoms with van der Waals surface area (Å²) in [6.07, 6.45) is 5.52. The minimum absolute atomic E-state index is 0.618. The second kappa shape index (κ2) is 6.53. The Morgan fingerprint density at radius 3 is 2.77 bits per heavy atom. The summed E-state index contributed by atoms with van der Waals surface area (Å²) in [7, 11) is 0. The van der Waals surface area contributed by atoms with Gasteiger partial charge in [0.05, 0.1) is 6.54 Å². The largest absolute Gasteiger partial charge is 0.460 e. The van der Waals surface area contributed by atoms with Gasteiger partial charge in [-0.05, 0) is 49.2 Å². The highest BCUT2D eigenvalue weighted by Crippen LogP contribution is 2.38. The Morgan fingerprint density at radius 1 is 1.12 bits per heavy atom. The third-order valence-electron chi connectivity index (χ3n) is 5.14. The van der Waals surface area contributed by atoms with Gasteiger partial charge in [-0.15, -0.1) is 0 Å². The maximum absolute atomic E-state index is 6.04. The lowest BCUT2D eigenvalue weighted by Crippen LogP contribution is -2.31. The van der Waals surface area contributed by atoms with Crippen LogP contribution in [0.4, 0.5) is 0 Å². The molecule has 1 saturated carbocycles. The molecule has 26 heavy (non-hydrogen) atoms. The van der Waals surface area contributed by atoms with Crippen LogP contribution in [-0.4, -0.2) is 21.4 Å². The maximum Gasteiger partial charge on any atom is 0.134 e. The third kappa shape index (κ3) is 3.27. The van der Waals surface area contributed by atoms with Gasteiger partial charge in [-0.2, -0.15) is 0 Å². The van der Waals surface area contributed by atoms with E-state index in [0.29, 0.717) is 5.92 Å². The minimum Gasteiger partial charge on any atom is -0.460 e. The number of furan rings is 1. The number of halogens is 1. The average molecular weight is 366 g/mol. The van der Waals surface area contributed by atoms with Crippen molar-refractivity contribution >= 4 is 11.6 Å². The van der Waals surface area contributed by atoms with Crippen molar-refractivity contribution in [2.75, 3.05) is 6.54 Å². The Balaban J connectivity index is 1.28. The van der Waals surface area contributed by atoms with Gasteiger partial charge >= 0.3 is 0 Å². The highest BCUT2D eigenvalue weighted by Gasteiger charge is 2.28. The summed E-state index contributed by atoms with van der Waals surface area (Å²) in [4.78, 5) is 11.8. The molecule has 0 spiro atoms. The molecule has 0 radical (unpaired) electrons. The van der Waals surface area contributed by atoms with Gasteiger partial charge in [-0.3, -0.25) is 4.90 Å². The van der Waals surface area contributed by atoms with Crippen molar-refractivity contribution in [1.82, 2.24) is 14.9 Å². The van der Waals surface area contributed by atoms with Crippen LogP contribution in [0.3, 0.4) is 0 Å². The lowest BCUT2D eigenvalue weighted by molar-refractivity contribution is 0.224. The number of hydrogen-bond donors (Lipinski definition) is 0. The van der Waals surface area contributed by atoms with E-state index < -0.39 is 0 Å². The molecule has 2 aromatic heterocycles. The Hall–Kier alpha value is -2.17. The zero-order valence-corrected chi connectivity index (χ0v) is 15.2. The topological polar surface area (TPSA) is 42.2 Å². The van der Waals surface area contributed by atoms with Crippen LogP contribution in [0.2, 0.25) is 5.02 Å². The van der Waals surface area contributed by atoms with E-state index in [4.69, 9.17) is 21.0 Å². The molecule has 0 bridgehead atoms. The zero-order valence-electron chi connectivity index (χ0n) is 14.5. The first-order valence-corrected chi connectivity index (χ1v) is 9.54. The van der Waals surface area contributed by atoms with Crippen LogP contribution in [0, 0.1) is 0 Å². The van der Waals surface area contributed by atoms with Crippen LogP contribution < -0.4 is 0 Å². The molecule has 0 unspecified atom stereocenters. The molecule has 132 valence electrons. The molecular formula is C21H20ClN3O. The van der Waals surface area contributed by atoms with E-state index in [1.54, 1.807) is 0 Å². The number of benzene rings is 1. The summed E-state index contributed by atoms with van der Waals surface area (Å²) >= 11 is 5.96. The monoisotopic (exact) mass is 365 g/mol. The number of hydrogen-bond acceptors (Lipinski definition) is 4. The zero-order chi connectivity index (χ0) is 17.5. The van der Waals surface area contributed by atoms with E-state index in [0.717, 1.165) is 54.0 Å². The molecule has 5 rings (SSSR count).